The van der Waals surface area contributed by atoms with E-state index >= 15 is 0 Å². The second-order valence-corrected chi connectivity index (χ2v) is 8.75. The van der Waals surface area contributed by atoms with Gasteiger partial charge in [0.15, 0.2) is 5.12 Å². The molecule has 2 aliphatic rings. The van der Waals surface area contributed by atoms with Crippen LogP contribution in [-0.4, -0.2) is 62.9 Å². The van der Waals surface area contributed by atoms with E-state index in [0.29, 0.717) is 26.1 Å². The van der Waals surface area contributed by atoms with E-state index in [2.05, 4.69) is 0 Å². The van der Waals surface area contributed by atoms with Gasteiger partial charge >= 0.3 is 6.09 Å². The van der Waals surface area contributed by atoms with Gasteiger partial charge in [-0.15, -0.1) is 0 Å². The summed E-state index contributed by atoms with van der Waals surface area (Å²) in [6.45, 7) is 10.5. The van der Waals surface area contributed by atoms with Crippen LogP contribution in [0.25, 0.3) is 0 Å². The zero-order valence-corrected chi connectivity index (χ0v) is 14.7. The SMILES string of the molecule is CC(=O)SC1CC(=O)N(C2(C)CN(C(=O)OC(C)(C)C)C2)C1. The Morgan fingerprint density at radius 2 is 1.91 bits per heavy atom. The number of hydrogen-bond acceptors (Lipinski definition) is 5. The fourth-order valence-corrected chi connectivity index (χ4v) is 3.83. The van der Waals surface area contributed by atoms with Crippen molar-refractivity contribution < 1.29 is 19.1 Å². The molecule has 0 aliphatic carbocycles. The van der Waals surface area contributed by atoms with Gasteiger partial charge in [0.05, 0.1) is 5.54 Å². The highest BCUT2D eigenvalue weighted by atomic mass is 32.2. The molecule has 2 saturated heterocycles. The molecule has 7 heteroatoms. The highest BCUT2D eigenvalue weighted by Crippen LogP contribution is 2.35. The van der Waals surface area contributed by atoms with Gasteiger partial charge in [-0.2, -0.15) is 0 Å². The largest absolute Gasteiger partial charge is 0.444 e. The normalized spacial score (nSPS) is 24.2. The Labute approximate surface area is 135 Å². The van der Waals surface area contributed by atoms with Gasteiger partial charge < -0.3 is 14.5 Å². The van der Waals surface area contributed by atoms with E-state index in [4.69, 9.17) is 4.74 Å². The molecular formula is C15H24N2O4S. The first kappa shape index (κ1) is 17.1. The molecule has 0 aromatic heterocycles. The second-order valence-electron chi connectivity index (χ2n) is 7.27. The molecule has 1 atom stereocenters. The zero-order valence-electron chi connectivity index (χ0n) is 13.8. The van der Waals surface area contributed by atoms with E-state index in [9.17, 15) is 14.4 Å². The number of carbonyl (C=O) groups is 3. The molecule has 1 unspecified atom stereocenters. The Morgan fingerprint density at radius 3 is 2.41 bits per heavy atom. The van der Waals surface area contributed by atoms with E-state index in [1.165, 1.54) is 18.7 Å². The molecule has 124 valence electrons. The summed E-state index contributed by atoms with van der Waals surface area (Å²) < 4.78 is 5.33. The van der Waals surface area contributed by atoms with Crippen molar-refractivity contribution in [3.63, 3.8) is 0 Å². The minimum Gasteiger partial charge on any atom is -0.444 e. The van der Waals surface area contributed by atoms with Crippen molar-refractivity contribution in [1.29, 1.82) is 0 Å². The van der Waals surface area contributed by atoms with Crippen LogP contribution in [0.3, 0.4) is 0 Å². The number of hydrogen-bond donors (Lipinski definition) is 0. The standard InChI is InChI=1S/C15H24N2O4S/c1-10(18)22-11-6-12(19)17(7-11)15(5)8-16(9-15)13(20)21-14(2,3)4/h11H,6-9H2,1-5H3. The van der Waals surface area contributed by atoms with Crippen molar-refractivity contribution in [3.8, 4) is 0 Å². The summed E-state index contributed by atoms with van der Waals surface area (Å²) in [5.41, 5.74) is -0.865. The average Bonchev–Trinajstić information content (AvgIpc) is 2.63. The lowest BCUT2D eigenvalue weighted by atomic mass is 9.90. The minimum atomic E-state index is -0.518. The molecule has 0 aromatic carbocycles. The maximum atomic E-state index is 12.2. The van der Waals surface area contributed by atoms with Crippen LogP contribution in [0.1, 0.15) is 41.0 Å². The smallest absolute Gasteiger partial charge is 0.410 e. The average molecular weight is 328 g/mol. The van der Waals surface area contributed by atoms with Gasteiger partial charge in [0.25, 0.3) is 0 Å². The monoisotopic (exact) mass is 328 g/mol. The van der Waals surface area contributed by atoms with Crippen molar-refractivity contribution in [1.82, 2.24) is 9.80 Å². The predicted molar refractivity (Wildman–Crippen MR) is 84.6 cm³/mol. The van der Waals surface area contributed by atoms with Crippen LogP contribution < -0.4 is 0 Å². The maximum absolute atomic E-state index is 12.2. The fraction of sp³-hybridized carbons (Fsp3) is 0.800. The molecule has 0 N–H and O–H groups in total. The minimum absolute atomic E-state index is 0.0254. The summed E-state index contributed by atoms with van der Waals surface area (Å²) in [6, 6.07) is 0. The molecule has 2 fully saturated rings. The molecule has 2 aliphatic heterocycles. The zero-order chi connectivity index (χ0) is 16.7. The summed E-state index contributed by atoms with van der Waals surface area (Å²) in [5.74, 6) is 0.0603. The van der Waals surface area contributed by atoms with E-state index in [-0.39, 0.29) is 27.9 Å². The number of ether oxygens (including phenoxy) is 1. The first-order valence-corrected chi connectivity index (χ1v) is 8.34. The first-order valence-electron chi connectivity index (χ1n) is 7.46. The van der Waals surface area contributed by atoms with Crippen LogP contribution in [0.15, 0.2) is 0 Å². The van der Waals surface area contributed by atoms with Crippen molar-refractivity contribution in [2.75, 3.05) is 19.6 Å². The summed E-state index contributed by atoms with van der Waals surface area (Å²) in [7, 11) is 0. The maximum Gasteiger partial charge on any atom is 0.410 e. The van der Waals surface area contributed by atoms with Gasteiger partial charge in [-0.05, 0) is 27.7 Å². The Hall–Kier alpha value is -1.24. The third-order valence-electron chi connectivity index (χ3n) is 3.79. The number of amides is 2. The summed E-state index contributed by atoms with van der Waals surface area (Å²) in [4.78, 5) is 38.8. The molecule has 22 heavy (non-hydrogen) atoms. The molecule has 0 aromatic rings. The van der Waals surface area contributed by atoms with Gasteiger partial charge in [0.1, 0.15) is 5.60 Å². The number of rotatable bonds is 2. The topological polar surface area (TPSA) is 66.9 Å². The lowest BCUT2D eigenvalue weighted by Crippen LogP contribution is -2.70. The number of nitrogens with zero attached hydrogens (tertiary/aromatic N) is 2. The Balaban J connectivity index is 1.91. The van der Waals surface area contributed by atoms with Gasteiger partial charge in [-0.1, -0.05) is 11.8 Å². The van der Waals surface area contributed by atoms with Crippen molar-refractivity contribution in [2.45, 2.75) is 57.4 Å². The second kappa shape index (κ2) is 5.76. The van der Waals surface area contributed by atoms with Crippen molar-refractivity contribution in [3.05, 3.63) is 0 Å². The fourth-order valence-electron chi connectivity index (χ4n) is 2.91. The number of carbonyl (C=O) groups excluding carboxylic acids is 3. The Bertz CT molecular complexity index is 494. The van der Waals surface area contributed by atoms with Crippen LogP contribution in [-0.2, 0) is 14.3 Å². The molecule has 2 amide bonds. The molecule has 0 radical (unpaired) electrons. The summed E-state index contributed by atoms with van der Waals surface area (Å²) >= 11 is 1.23. The molecule has 0 spiro atoms. The highest BCUT2D eigenvalue weighted by Gasteiger charge is 2.51. The highest BCUT2D eigenvalue weighted by molar-refractivity contribution is 8.14. The van der Waals surface area contributed by atoms with Gasteiger partial charge in [0, 0.05) is 38.2 Å². The molecule has 0 saturated carbocycles. The molecular weight excluding hydrogens is 304 g/mol. The number of likely N-dealkylation sites (tertiary alicyclic amines) is 2. The van der Waals surface area contributed by atoms with Crippen molar-refractivity contribution >= 4 is 28.9 Å². The van der Waals surface area contributed by atoms with Crippen LogP contribution in [0.2, 0.25) is 0 Å². The number of thioether (sulfide) groups is 1. The van der Waals surface area contributed by atoms with E-state index in [1.54, 1.807) is 4.90 Å². The van der Waals surface area contributed by atoms with Crippen LogP contribution >= 0.6 is 11.8 Å². The lowest BCUT2D eigenvalue weighted by molar-refractivity contribution is -0.139. The predicted octanol–water partition coefficient (Wildman–Crippen LogP) is 1.88. The first-order chi connectivity index (χ1) is 10.00. The summed E-state index contributed by atoms with van der Waals surface area (Å²) in [5, 5.41) is 0.0613. The van der Waals surface area contributed by atoms with Gasteiger partial charge in [0.2, 0.25) is 5.91 Å². The van der Waals surface area contributed by atoms with Crippen LogP contribution in [0, 0.1) is 0 Å². The van der Waals surface area contributed by atoms with E-state index in [0.717, 1.165) is 0 Å². The molecule has 0 bridgehead atoms. The van der Waals surface area contributed by atoms with E-state index in [1.807, 2.05) is 32.6 Å². The molecule has 6 nitrogen and oxygen atoms in total. The van der Waals surface area contributed by atoms with Gasteiger partial charge in [-0.25, -0.2) is 4.79 Å². The Morgan fingerprint density at radius 1 is 1.32 bits per heavy atom. The van der Waals surface area contributed by atoms with Gasteiger partial charge in [-0.3, -0.25) is 9.59 Å². The quantitative estimate of drug-likeness (QED) is 0.774. The van der Waals surface area contributed by atoms with Crippen molar-refractivity contribution in [2.24, 2.45) is 0 Å². The third kappa shape index (κ3) is 3.74. The Kier molecular flexibility index (Phi) is 4.48. The van der Waals surface area contributed by atoms with E-state index < -0.39 is 5.60 Å². The lowest BCUT2D eigenvalue weighted by Gasteiger charge is -2.52. The van der Waals surface area contributed by atoms with Crippen LogP contribution in [0.4, 0.5) is 4.79 Å². The molecule has 2 heterocycles. The molecule has 2 rings (SSSR count). The third-order valence-corrected chi connectivity index (χ3v) is 4.77. The summed E-state index contributed by atoms with van der Waals surface area (Å²) in [6.07, 6.45) is 0.0537. The van der Waals surface area contributed by atoms with Crippen LogP contribution in [0.5, 0.6) is 0 Å².